The molecule has 0 spiro atoms. The lowest BCUT2D eigenvalue weighted by Gasteiger charge is -2.19. The van der Waals surface area contributed by atoms with Crippen molar-refractivity contribution in [2.24, 2.45) is 5.73 Å². The zero-order chi connectivity index (χ0) is 14.2. The van der Waals surface area contributed by atoms with Crippen LogP contribution in [-0.4, -0.2) is 16.3 Å². The molecule has 0 saturated carbocycles. The van der Waals surface area contributed by atoms with Gasteiger partial charge in [-0.1, -0.05) is 13.8 Å². The van der Waals surface area contributed by atoms with Crippen molar-refractivity contribution in [2.75, 3.05) is 6.54 Å². The third kappa shape index (κ3) is 2.51. The highest BCUT2D eigenvalue weighted by Crippen LogP contribution is 2.23. The predicted molar refractivity (Wildman–Crippen MR) is 70.3 cm³/mol. The van der Waals surface area contributed by atoms with Crippen molar-refractivity contribution in [2.45, 2.75) is 26.2 Å². The monoisotopic (exact) mass is 265 g/mol. The summed E-state index contributed by atoms with van der Waals surface area (Å²) in [7, 11) is 0. The molecule has 2 aromatic rings. The Hall–Kier alpha value is -1.75. The van der Waals surface area contributed by atoms with Gasteiger partial charge in [0.15, 0.2) is 11.6 Å². The van der Waals surface area contributed by atoms with Crippen LogP contribution in [0, 0.1) is 18.6 Å². The molecule has 5 heteroatoms. The summed E-state index contributed by atoms with van der Waals surface area (Å²) in [5.41, 5.74) is 7.64. The Morgan fingerprint density at radius 2 is 1.89 bits per heavy atom. The Morgan fingerprint density at radius 3 is 2.47 bits per heavy atom. The van der Waals surface area contributed by atoms with Gasteiger partial charge in [0, 0.05) is 23.7 Å². The summed E-state index contributed by atoms with van der Waals surface area (Å²) in [6, 6.07) is 5.64. The second-order valence-electron chi connectivity index (χ2n) is 5.27. The molecule has 0 atom stereocenters. The number of hydrogen-bond donors (Lipinski definition) is 1. The van der Waals surface area contributed by atoms with E-state index in [1.807, 2.05) is 26.8 Å². The lowest BCUT2D eigenvalue weighted by molar-refractivity contribution is 0.505. The van der Waals surface area contributed by atoms with Crippen molar-refractivity contribution in [3.8, 4) is 5.69 Å². The average Bonchev–Trinajstić information content (AvgIpc) is 2.76. The van der Waals surface area contributed by atoms with E-state index < -0.39 is 11.6 Å². The lowest BCUT2D eigenvalue weighted by atomic mass is 9.90. The molecule has 0 bridgehead atoms. The number of aromatic nitrogens is 2. The average molecular weight is 265 g/mol. The van der Waals surface area contributed by atoms with Crippen LogP contribution in [-0.2, 0) is 5.41 Å². The molecular weight excluding hydrogens is 248 g/mol. The summed E-state index contributed by atoms with van der Waals surface area (Å²) in [6.45, 7) is 6.31. The Bertz CT molecular complexity index is 603. The first-order chi connectivity index (χ1) is 8.85. The SMILES string of the molecule is Cc1cc(C(C)(C)CN)nn1-c1ccc(F)c(F)c1. The summed E-state index contributed by atoms with van der Waals surface area (Å²) < 4.78 is 27.8. The third-order valence-corrected chi connectivity index (χ3v) is 3.24. The molecule has 0 unspecified atom stereocenters. The van der Waals surface area contributed by atoms with Crippen LogP contribution in [0.15, 0.2) is 24.3 Å². The molecule has 2 N–H and O–H groups in total. The summed E-state index contributed by atoms with van der Waals surface area (Å²) in [6.07, 6.45) is 0. The quantitative estimate of drug-likeness (QED) is 0.927. The van der Waals surface area contributed by atoms with Crippen molar-refractivity contribution >= 4 is 0 Å². The molecule has 0 aliphatic carbocycles. The van der Waals surface area contributed by atoms with Crippen LogP contribution >= 0.6 is 0 Å². The van der Waals surface area contributed by atoms with E-state index in [1.165, 1.54) is 6.07 Å². The van der Waals surface area contributed by atoms with Crippen molar-refractivity contribution in [1.29, 1.82) is 0 Å². The summed E-state index contributed by atoms with van der Waals surface area (Å²) in [4.78, 5) is 0. The molecule has 0 aliphatic heterocycles. The Kier molecular flexibility index (Phi) is 3.41. The van der Waals surface area contributed by atoms with Gasteiger partial charge >= 0.3 is 0 Å². The maximum absolute atomic E-state index is 13.3. The van der Waals surface area contributed by atoms with Gasteiger partial charge in [0.25, 0.3) is 0 Å². The molecule has 0 amide bonds. The number of nitrogens with zero attached hydrogens (tertiary/aromatic N) is 2. The van der Waals surface area contributed by atoms with Crippen LogP contribution < -0.4 is 5.73 Å². The van der Waals surface area contributed by atoms with Crippen LogP contribution in [0.2, 0.25) is 0 Å². The maximum Gasteiger partial charge on any atom is 0.160 e. The van der Waals surface area contributed by atoms with E-state index >= 15 is 0 Å². The standard InChI is InChI=1S/C14H17F2N3/c1-9-6-13(14(2,3)8-17)18-19(9)10-4-5-11(15)12(16)7-10/h4-7H,8,17H2,1-3H3. The van der Waals surface area contributed by atoms with Crippen molar-refractivity contribution in [1.82, 2.24) is 9.78 Å². The predicted octanol–water partition coefficient (Wildman–Crippen LogP) is 2.70. The molecule has 3 nitrogen and oxygen atoms in total. The van der Waals surface area contributed by atoms with Crippen LogP contribution in [0.25, 0.3) is 5.69 Å². The Balaban J connectivity index is 2.49. The second kappa shape index (κ2) is 4.74. The van der Waals surface area contributed by atoms with Gasteiger partial charge in [-0.3, -0.25) is 0 Å². The van der Waals surface area contributed by atoms with Gasteiger partial charge in [0.05, 0.1) is 11.4 Å². The van der Waals surface area contributed by atoms with Gasteiger partial charge < -0.3 is 5.73 Å². The normalized spacial score (nSPS) is 11.9. The molecule has 1 heterocycles. The zero-order valence-electron chi connectivity index (χ0n) is 11.2. The lowest BCUT2D eigenvalue weighted by Crippen LogP contribution is -2.28. The molecule has 0 radical (unpaired) electrons. The van der Waals surface area contributed by atoms with Gasteiger partial charge in [0.1, 0.15) is 0 Å². The Morgan fingerprint density at radius 1 is 1.21 bits per heavy atom. The van der Waals surface area contributed by atoms with Crippen LogP contribution in [0.3, 0.4) is 0 Å². The van der Waals surface area contributed by atoms with Gasteiger partial charge in [-0.2, -0.15) is 5.10 Å². The summed E-state index contributed by atoms with van der Waals surface area (Å²) in [5.74, 6) is -1.75. The molecule has 1 aromatic heterocycles. The third-order valence-electron chi connectivity index (χ3n) is 3.24. The summed E-state index contributed by atoms with van der Waals surface area (Å²) in [5, 5.41) is 4.44. The van der Waals surface area contributed by atoms with Crippen LogP contribution in [0.5, 0.6) is 0 Å². The number of nitrogens with two attached hydrogens (primary N) is 1. The number of rotatable bonds is 3. The smallest absolute Gasteiger partial charge is 0.160 e. The van der Waals surface area contributed by atoms with E-state index in [9.17, 15) is 8.78 Å². The maximum atomic E-state index is 13.3. The van der Waals surface area contributed by atoms with E-state index in [4.69, 9.17) is 5.73 Å². The first-order valence-corrected chi connectivity index (χ1v) is 6.08. The van der Waals surface area contributed by atoms with Crippen molar-refractivity contribution in [3.63, 3.8) is 0 Å². The first kappa shape index (κ1) is 13.7. The minimum Gasteiger partial charge on any atom is -0.330 e. The molecule has 0 saturated heterocycles. The zero-order valence-corrected chi connectivity index (χ0v) is 11.2. The molecule has 102 valence electrons. The van der Waals surface area contributed by atoms with Crippen LogP contribution in [0.4, 0.5) is 8.78 Å². The molecule has 2 rings (SSSR count). The van der Waals surface area contributed by atoms with Crippen molar-refractivity contribution < 1.29 is 8.78 Å². The Labute approximate surface area is 111 Å². The molecular formula is C14H17F2N3. The number of halogens is 2. The van der Waals surface area contributed by atoms with E-state index in [0.29, 0.717) is 12.2 Å². The molecule has 19 heavy (non-hydrogen) atoms. The van der Waals surface area contributed by atoms with Gasteiger partial charge in [-0.15, -0.1) is 0 Å². The second-order valence-corrected chi connectivity index (χ2v) is 5.27. The number of aryl methyl sites for hydroxylation is 1. The fraction of sp³-hybridized carbons (Fsp3) is 0.357. The minimum absolute atomic E-state index is 0.255. The van der Waals surface area contributed by atoms with E-state index in [0.717, 1.165) is 23.5 Å². The number of benzene rings is 1. The number of hydrogen-bond acceptors (Lipinski definition) is 2. The molecule has 1 aromatic carbocycles. The van der Waals surface area contributed by atoms with Crippen molar-refractivity contribution in [3.05, 3.63) is 47.3 Å². The highest BCUT2D eigenvalue weighted by atomic mass is 19.2. The fourth-order valence-electron chi connectivity index (χ4n) is 1.79. The van der Waals surface area contributed by atoms with Gasteiger partial charge in [-0.05, 0) is 25.1 Å². The largest absolute Gasteiger partial charge is 0.330 e. The highest BCUT2D eigenvalue weighted by molar-refractivity contribution is 5.35. The van der Waals surface area contributed by atoms with Gasteiger partial charge in [0.2, 0.25) is 0 Å². The fourth-order valence-corrected chi connectivity index (χ4v) is 1.79. The van der Waals surface area contributed by atoms with E-state index in [1.54, 1.807) is 4.68 Å². The van der Waals surface area contributed by atoms with E-state index in [-0.39, 0.29) is 5.41 Å². The van der Waals surface area contributed by atoms with Gasteiger partial charge in [-0.25, -0.2) is 13.5 Å². The topological polar surface area (TPSA) is 43.8 Å². The summed E-state index contributed by atoms with van der Waals surface area (Å²) >= 11 is 0. The minimum atomic E-state index is -0.882. The molecule has 0 fully saturated rings. The molecule has 0 aliphatic rings. The van der Waals surface area contributed by atoms with Crippen LogP contribution in [0.1, 0.15) is 25.2 Å². The highest BCUT2D eigenvalue weighted by Gasteiger charge is 2.23. The first-order valence-electron chi connectivity index (χ1n) is 6.08. The van der Waals surface area contributed by atoms with E-state index in [2.05, 4.69) is 5.10 Å².